The number of esters is 1. The van der Waals surface area contributed by atoms with Crippen LogP contribution in [0.2, 0.25) is 0 Å². The van der Waals surface area contributed by atoms with Crippen LogP contribution in [0.15, 0.2) is 29.2 Å². The van der Waals surface area contributed by atoms with Crippen molar-refractivity contribution in [3.63, 3.8) is 0 Å². The second-order valence-electron chi connectivity index (χ2n) is 8.06. The molecule has 0 aliphatic heterocycles. The predicted molar refractivity (Wildman–Crippen MR) is 107 cm³/mol. The number of hydrogen-bond donors (Lipinski definition) is 0. The monoisotopic (exact) mass is 411 g/mol. The average molecular weight is 412 g/mol. The van der Waals surface area contributed by atoms with E-state index in [1.54, 1.807) is 59.7 Å². The van der Waals surface area contributed by atoms with Crippen LogP contribution in [0, 0.1) is 0 Å². The molecule has 0 radical (unpaired) electrons. The van der Waals surface area contributed by atoms with Gasteiger partial charge >= 0.3 is 18.2 Å². The molecule has 0 bridgehead atoms. The largest absolute Gasteiger partial charge is 0.468 e. The van der Waals surface area contributed by atoms with Crippen molar-refractivity contribution in [2.24, 2.45) is 0 Å². The van der Waals surface area contributed by atoms with E-state index in [1.165, 1.54) is 18.9 Å². The number of rotatable bonds is 5. The maximum Gasteiger partial charge on any atom is 0.420 e. The number of benzene rings is 1. The minimum Gasteiger partial charge on any atom is -0.468 e. The van der Waals surface area contributed by atoms with Crippen LogP contribution in [0.25, 0.3) is 0 Å². The topological polar surface area (TPSA) is 82.1 Å². The zero-order chi connectivity index (χ0) is 21.5. The van der Waals surface area contributed by atoms with E-state index in [2.05, 4.69) is 4.74 Å². The number of hydrogen-bond acceptors (Lipinski definition) is 7. The highest BCUT2D eigenvalue weighted by Gasteiger charge is 2.31. The maximum atomic E-state index is 12.6. The van der Waals surface area contributed by atoms with Crippen molar-refractivity contribution in [3.05, 3.63) is 29.8 Å². The molecule has 0 spiro atoms. The molecule has 156 valence electrons. The standard InChI is InChI=1S/C20H29NO6S/c1-19(2,3)26-17(23)21(18(24)27-20(4,5)6)12-14-9-8-10-15(11-14)28-13-16(22)25-7/h8-11H,12-13H2,1-7H3. The Morgan fingerprint density at radius 2 is 1.50 bits per heavy atom. The molecule has 0 saturated carbocycles. The maximum absolute atomic E-state index is 12.6. The molecule has 0 aliphatic rings. The Morgan fingerprint density at radius 3 is 1.96 bits per heavy atom. The van der Waals surface area contributed by atoms with Gasteiger partial charge in [-0.1, -0.05) is 12.1 Å². The molecule has 0 heterocycles. The minimum atomic E-state index is -0.783. The fourth-order valence-corrected chi connectivity index (χ4v) is 2.77. The Balaban J connectivity index is 3.00. The van der Waals surface area contributed by atoms with Crippen molar-refractivity contribution in [2.75, 3.05) is 12.9 Å². The Kier molecular flexibility index (Phi) is 8.35. The number of thioether (sulfide) groups is 1. The molecule has 1 aromatic rings. The number of carbonyl (C=O) groups is 3. The van der Waals surface area contributed by atoms with E-state index >= 15 is 0 Å². The van der Waals surface area contributed by atoms with Crippen LogP contribution in [0.1, 0.15) is 47.1 Å². The summed E-state index contributed by atoms with van der Waals surface area (Å²) in [5.74, 6) is -0.165. The summed E-state index contributed by atoms with van der Waals surface area (Å²) in [6.07, 6.45) is -1.57. The second-order valence-corrected chi connectivity index (χ2v) is 9.11. The summed E-state index contributed by atoms with van der Waals surface area (Å²) in [5.41, 5.74) is -0.808. The molecule has 2 amide bonds. The van der Waals surface area contributed by atoms with E-state index in [-0.39, 0.29) is 18.3 Å². The summed E-state index contributed by atoms with van der Waals surface area (Å²) < 4.78 is 15.3. The normalized spacial score (nSPS) is 11.5. The number of amides is 2. The molecule has 28 heavy (non-hydrogen) atoms. The van der Waals surface area contributed by atoms with E-state index in [0.717, 1.165) is 9.80 Å². The molecule has 0 aromatic heterocycles. The summed E-state index contributed by atoms with van der Waals surface area (Å²) in [5, 5.41) is 0. The van der Waals surface area contributed by atoms with Gasteiger partial charge in [0.1, 0.15) is 11.2 Å². The molecule has 0 fully saturated rings. The summed E-state index contributed by atoms with van der Waals surface area (Å²) in [4.78, 5) is 38.2. The molecule has 0 N–H and O–H groups in total. The number of methoxy groups -OCH3 is 1. The third kappa shape index (κ3) is 9.12. The first-order chi connectivity index (χ1) is 12.8. The fraction of sp³-hybridized carbons (Fsp3) is 0.550. The highest BCUT2D eigenvalue weighted by Crippen LogP contribution is 2.22. The van der Waals surface area contributed by atoms with E-state index in [1.807, 2.05) is 6.07 Å². The molecule has 7 nitrogen and oxygen atoms in total. The van der Waals surface area contributed by atoms with Crippen LogP contribution < -0.4 is 0 Å². The van der Waals surface area contributed by atoms with Crippen LogP contribution in [0.3, 0.4) is 0 Å². The first kappa shape index (κ1) is 23.8. The van der Waals surface area contributed by atoms with E-state index < -0.39 is 23.4 Å². The lowest BCUT2D eigenvalue weighted by atomic mass is 10.2. The predicted octanol–water partition coefficient (Wildman–Crippen LogP) is 4.62. The number of ether oxygens (including phenoxy) is 3. The third-order valence-corrected chi connectivity index (χ3v) is 4.02. The summed E-state index contributed by atoms with van der Waals surface area (Å²) >= 11 is 1.31. The number of nitrogens with zero attached hydrogens (tertiary/aromatic N) is 1. The van der Waals surface area contributed by atoms with Crippen molar-refractivity contribution in [2.45, 2.75) is 64.2 Å². The lowest BCUT2D eigenvalue weighted by Gasteiger charge is -2.28. The quantitative estimate of drug-likeness (QED) is 0.397. The van der Waals surface area contributed by atoms with Gasteiger partial charge in [0.15, 0.2) is 0 Å². The van der Waals surface area contributed by atoms with Gasteiger partial charge in [0, 0.05) is 4.90 Å². The second kappa shape index (κ2) is 9.82. The lowest BCUT2D eigenvalue weighted by Crippen LogP contribution is -2.43. The fourth-order valence-electron chi connectivity index (χ4n) is 1.96. The molecule has 1 aromatic carbocycles. The van der Waals surface area contributed by atoms with Gasteiger partial charge in [0.05, 0.1) is 19.4 Å². The van der Waals surface area contributed by atoms with Crippen molar-refractivity contribution < 1.29 is 28.6 Å². The van der Waals surface area contributed by atoms with Gasteiger partial charge in [-0.15, -0.1) is 11.8 Å². The lowest BCUT2D eigenvalue weighted by molar-refractivity contribution is -0.137. The van der Waals surface area contributed by atoms with Gasteiger partial charge in [-0.05, 0) is 59.2 Å². The average Bonchev–Trinajstić information content (AvgIpc) is 2.54. The van der Waals surface area contributed by atoms with E-state index in [9.17, 15) is 14.4 Å². The van der Waals surface area contributed by atoms with Gasteiger partial charge in [-0.3, -0.25) is 4.79 Å². The molecule has 0 unspecified atom stereocenters. The van der Waals surface area contributed by atoms with Crippen LogP contribution in [0.5, 0.6) is 0 Å². The molecule has 8 heteroatoms. The summed E-state index contributed by atoms with van der Waals surface area (Å²) in [6.45, 7) is 10.3. The number of carbonyl (C=O) groups excluding carboxylic acids is 3. The summed E-state index contributed by atoms with van der Waals surface area (Å²) in [7, 11) is 1.33. The number of imide groups is 1. The van der Waals surface area contributed by atoms with Crippen LogP contribution >= 0.6 is 11.8 Å². The molecule has 0 saturated heterocycles. The highest BCUT2D eigenvalue weighted by molar-refractivity contribution is 8.00. The van der Waals surface area contributed by atoms with Gasteiger partial charge < -0.3 is 14.2 Å². The van der Waals surface area contributed by atoms with Crippen LogP contribution in [-0.2, 0) is 25.5 Å². The summed E-state index contributed by atoms with van der Waals surface area (Å²) in [6, 6.07) is 7.21. The van der Waals surface area contributed by atoms with Crippen LogP contribution in [-0.4, -0.2) is 47.1 Å². The van der Waals surface area contributed by atoms with Crippen LogP contribution in [0.4, 0.5) is 9.59 Å². The Labute approximate surface area is 170 Å². The van der Waals surface area contributed by atoms with E-state index in [4.69, 9.17) is 9.47 Å². The SMILES string of the molecule is COC(=O)CSc1cccc(CN(C(=O)OC(C)(C)C)C(=O)OC(C)(C)C)c1. The Morgan fingerprint density at radius 1 is 0.964 bits per heavy atom. The minimum absolute atomic E-state index is 0.0174. The zero-order valence-corrected chi connectivity index (χ0v) is 18.3. The Bertz CT molecular complexity index is 677. The van der Waals surface area contributed by atoms with E-state index in [0.29, 0.717) is 5.56 Å². The van der Waals surface area contributed by atoms with Crippen molar-refractivity contribution in [1.82, 2.24) is 4.90 Å². The van der Waals surface area contributed by atoms with Gasteiger partial charge in [0.2, 0.25) is 0 Å². The first-order valence-corrected chi connectivity index (χ1v) is 9.81. The van der Waals surface area contributed by atoms with Crippen molar-refractivity contribution >= 4 is 29.9 Å². The molecule has 0 atom stereocenters. The molecule has 0 aliphatic carbocycles. The molecular formula is C20H29NO6S. The van der Waals surface area contributed by atoms with Crippen molar-refractivity contribution in [1.29, 1.82) is 0 Å². The third-order valence-electron chi connectivity index (χ3n) is 3.05. The van der Waals surface area contributed by atoms with Crippen molar-refractivity contribution in [3.8, 4) is 0 Å². The Hall–Kier alpha value is -2.22. The van der Waals surface area contributed by atoms with Gasteiger partial charge in [0.25, 0.3) is 0 Å². The van der Waals surface area contributed by atoms with Gasteiger partial charge in [-0.25, -0.2) is 14.5 Å². The molecule has 1 rings (SSSR count). The highest BCUT2D eigenvalue weighted by atomic mass is 32.2. The smallest absolute Gasteiger partial charge is 0.420 e. The molecular weight excluding hydrogens is 382 g/mol. The zero-order valence-electron chi connectivity index (χ0n) is 17.5. The first-order valence-electron chi connectivity index (χ1n) is 8.83. The van der Waals surface area contributed by atoms with Gasteiger partial charge in [-0.2, -0.15) is 0 Å².